The van der Waals surface area contributed by atoms with Gasteiger partial charge in [0.1, 0.15) is 5.82 Å². The van der Waals surface area contributed by atoms with Crippen LogP contribution in [0.25, 0.3) is 5.65 Å². The highest BCUT2D eigenvalue weighted by Crippen LogP contribution is 2.10. The third-order valence-electron chi connectivity index (χ3n) is 2.57. The van der Waals surface area contributed by atoms with Crippen molar-refractivity contribution in [3.8, 4) is 0 Å². The fraction of sp³-hybridized carbons (Fsp3) is 0.250. The molecule has 0 aliphatic rings. The summed E-state index contributed by atoms with van der Waals surface area (Å²) < 4.78 is 1.75. The zero-order valence-electron chi connectivity index (χ0n) is 10.00. The summed E-state index contributed by atoms with van der Waals surface area (Å²) in [5, 5.41) is 10.6. The maximum Gasteiger partial charge on any atom is 0.157 e. The van der Waals surface area contributed by atoms with E-state index in [4.69, 9.17) is 0 Å². The zero-order chi connectivity index (χ0) is 12.4. The highest BCUT2D eigenvalue weighted by atomic mass is 32.1. The Morgan fingerprint density at radius 2 is 2.28 bits per heavy atom. The number of aromatic nitrogens is 4. The van der Waals surface area contributed by atoms with Crippen LogP contribution in [-0.2, 0) is 6.42 Å². The molecule has 0 atom stereocenters. The molecular formula is C12H13N5S. The Morgan fingerprint density at radius 1 is 1.33 bits per heavy atom. The first-order chi connectivity index (χ1) is 8.81. The zero-order valence-corrected chi connectivity index (χ0v) is 10.8. The summed E-state index contributed by atoms with van der Waals surface area (Å²) >= 11 is 1.70. The second kappa shape index (κ2) is 4.73. The normalized spacial score (nSPS) is 10.9. The lowest BCUT2D eigenvalue weighted by Gasteiger charge is -2.04. The molecule has 0 bridgehead atoms. The lowest BCUT2D eigenvalue weighted by atomic mass is 10.4. The van der Waals surface area contributed by atoms with Gasteiger partial charge in [-0.15, -0.1) is 11.3 Å². The first kappa shape index (κ1) is 11.2. The van der Waals surface area contributed by atoms with Crippen molar-refractivity contribution in [1.29, 1.82) is 0 Å². The van der Waals surface area contributed by atoms with Gasteiger partial charge >= 0.3 is 0 Å². The molecule has 0 saturated heterocycles. The first-order valence-corrected chi connectivity index (χ1v) is 6.64. The molecular weight excluding hydrogens is 246 g/mol. The molecule has 6 heteroatoms. The number of hydrogen-bond donors (Lipinski definition) is 1. The maximum atomic E-state index is 4.44. The highest BCUT2D eigenvalue weighted by Gasteiger charge is 2.00. The molecule has 0 unspecified atom stereocenters. The Bertz CT molecular complexity index is 657. The summed E-state index contributed by atoms with van der Waals surface area (Å²) in [5.74, 6) is 0.872. The number of fused-ring (bicyclic) bond motifs is 1. The molecule has 3 aromatic rings. The van der Waals surface area contributed by atoms with Crippen molar-refractivity contribution in [3.63, 3.8) is 0 Å². The van der Waals surface area contributed by atoms with E-state index < -0.39 is 0 Å². The summed E-state index contributed by atoms with van der Waals surface area (Å²) in [6.45, 7) is 2.85. The Morgan fingerprint density at radius 3 is 3.11 bits per heavy atom. The molecule has 0 spiro atoms. The first-order valence-electron chi connectivity index (χ1n) is 5.76. The van der Waals surface area contributed by atoms with E-state index in [1.165, 1.54) is 0 Å². The molecule has 0 fully saturated rings. The van der Waals surface area contributed by atoms with Crippen molar-refractivity contribution in [3.05, 3.63) is 40.6 Å². The number of aryl methyl sites for hydroxylation is 1. The number of rotatable bonds is 4. The fourth-order valence-corrected chi connectivity index (χ4v) is 2.50. The van der Waals surface area contributed by atoms with Crippen molar-refractivity contribution >= 4 is 22.8 Å². The second-order valence-corrected chi connectivity index (χ2v) is 4.95. The van der Waals surface area contributed by atoms with Crippen molar-refractivity contribution in [2.75, 3.05) is 11.9 Å². The Balaban J connectivity index is 1.62. The average Bonchev–Trinajstić information content (AvgIpc) is 2.97. The number of anilines is 1. The summed E-state index contributed by atoms with van der Waals surface area (Å²) in [6.07, 6.45) is 4.56. The van der Waals surface area contributed by atoms with E-state index in [1.54, 1.807) is 22.0 Å². The van der Waals surface area contributed by atoms with Crippen LogP contribution in [0.15, 0.2) is 29.9 Å². The Labute approximate surface area is 109 Å². The van der Waals surface area contributed by atoms with Gasteiger partial charge in [-0.2, -0.15) is 5.10 Å². The predicted molar refractivity (Wildman–Crippen MR) is 72.0 cm³/mol. The molecule has 5 nitrogen and oxygen atoms in total. The molecule has 0 saturated carbocycles. The lowest BCUT2D eigenvalue weighted by molar-refractivity contribution is 0.930. The van der Waals surface area contributed by atoms with E-state index in [2.05, 4.69) is 25.8 Å². The van der Waals surface area contributed by atoms with Gasteiger partial charge < -0.3 is 5.32 Å². The van der Waals surface area contributed by atoms with Crippen LogP contribution in [-0.4, -0.2) is 26.1 Å². The van der Waals surface area contributed by atoms with Crippen molar-refractivity contribution in [2.45, 2.75) is 13.3 Å². The van der Waals surface area contributed by atoms with Gasteiger partial charge in [-0.05, 0) is 13.0 Å². The van der Waals surface area contributed by atoms with Crippen LogP contribution in [0.4, 0.5) is 5.82 Å². The molecule has 0 radical (unpaired) electrons. The van der Waals surface area contributed by atoms with Gasteiger partial charge in [0, 0.05) is 36.3 Å². The number of thiazole rings is 1. The van der Waals surface area contributed by atoms with Crippen LogP contribution in [0, 0.1) is 6.92 Å². The minimum atomic E-state index is 0.838. The van der Waals surface area contributed by atoms with Gasteiger partial charge in [-0.25, -0.2) is 14.5 Å². The van der Waals surface area contributed by atoms with E-state index in [0.717, 1.165) is 35.1 Å². The molecule has 92 valence electrons. The van der Waals surface area contributed by atoms with Crippen molar-refractivity contribution in [2.24, 2.45) is 0 Å². The number of nitrogens with zero attached hydrogens (tertiary/aromatic N) is 4. The van der Waals surface area contributed by atoms with Gasteiger partial charge in [-0.1, -0.05) is 0 Å². The van der Waals surface area contributed by atoms with Gasteiger partial charge in [0.2, 0.25) is 0 Å². The van der Waals surface area contributed by atoms with Gasteiger partial charge in [0.15, 0.2) is 5.65 Å². The van der Waals surface area contributed by atoms with Crippen LogP contribution in [0.1, 0.15) is 10.7 Å². The number of hydrogen-bond acceptors (Lipinski definition) is 5. The molecule has 1 N–H and O–H groups in total. The van der Waals surface area contributed by atoms with E-state index in [1.807, 2.05) is 25.3 Å². The van der Waals surface area contributed by atoms with Crippen LogP contribution in [0.3, 0.4) is 0 Å². The van der Waals surface area contributed by atoms with Gasteiger partial charge in [0.05, 0.1) is 11.2 Å². The maximum absolute atomic E-state index is 4.44. The molecule has 0 aromatic carbocycles. The SMILES string of the molecule is Cc1csc(CCNc2ccn3nccc3n2)n1. The van der Waals surface area contributed by atoms with Crippen molar-refractivity contribution in [1.82, 2.24) is 19.6 Å². The largest absolute Gasteiger partial charge is 0.370 e. The minimum Gasteiger partial charge on any atom is -0.370 e. The summed E-state index contributed by atoms with van der Waals surface area (Å²) in [7, 11) is 0. The molecule has 3 heterocycles. The highest BCUT2D eigenvalue weighted by molar-refractivity contribution is 7.09. The van der Waals surface area contributed by atoms with Crippen LogP contribution in [0.2, 0.25) is 0 Å². The summed E-state index contributed by atoms with van der Waals surface area (Å²) in [5.41, 5.74) is 1.94. The monoisotopic (exact) mass is 259 g/mol. The lowest BCUT2D eigenvalue weighted by Crippen LogP contribution is -2.06. The summed E-state index contributed by atoms with van der Waals surface area (Å²) in [6, 6.07) is 3.81. The summed E-state index contributed by atoms with van der Waals surface area (Å²) in [4.78, 5) is 8.87. The van der Waals surface area contributed by atoms with E-state index in [-0.39, 0.29) is 0 Å². The average molecular weight is 259 g/mol. The van der Waals surface area contributed by atoms with Gasteiger partial charge in [0.25, 0.3) is 0 Å². The molecule has 0 aliphatic heterocycles. The second-order valence-electron chi connectivity index (χ2n) is 4.01. The quantitative estimate of drug-likeness (QED) is 0.780. The molecule has 3 rings (SSSR count). The smallest absolute Gasteiger partial charge is 0.157 e. The molecule has 0 aliphatic carbocycles. The molecule has 18 heavy (non-hydrogen) atoms. The van der Waals surface area contributed by atoms with Crippen LogP contribution < -0.4 is 5.32 Å². The van der Waals surface area contributed by atoms with Crippen LogP contribution >= 0.6 is 11.3 Å². The van der Waals surface area contributed by atoms with Crippen molar-refractivity contribution < 1.29 is 0 Å². The Hall–Kier alpha value is -1.95. The van der Waals surface area contributed by atoms with Crippen LogP contribution in [0.5, 0.6) is 0 Å². The topological polar surface area (TPSA) is 55.1 Å². The minimum absolute atomic E-state index is 0.838. The molecule has 0 amide bonds. The third kappa shape index (κ3) is 2.33. The van der Waals surface area contributed by atoms with Gasteiger partial charge in [-0.3, -0.25) is 0 Å². The third-order valence-corrected chi connectivity index (χ3v) is 3.60. The number of nitrogens with one attached hydrogen (secondary N) is 1. The Kier molecular flexibility index (Phi) is 2.93. The standard InChI is InChI=1S/C12H13N5S/c1-9-8-18-12(15-9)3-5-13-10-4-7-17-11(16-10)2-6-14-17/h2,4,6-8H,3,5H2,1H3,(H,13,16). The predicted octanol–water partition coefficient (Wildman–Crippen LogP) is 2.15. The van der Waals surface area contributed by atoms with E-state index >= 15 is 0 Å². The fourth-order valence-electron chi connectivity index (χ4n) is 1.73. The molecule has 3 aromatic heterocycles. The van der Waals surface area contributed by atoms with E-state index in [9.17, 15) is 0 Å². The van der Waals surface area contributed by atoms with E-state index in [0.29, 0.717) is 0 Å².